The van der Waals surface area contributed by atoms with Crippen molar-refractivity contribution in [3.63, 3.8) is 0 Å². The number of hydrogen-bond donors (Lipinski definition) is 1. The van der Waals surface area contributed by atoms with Gasteiger partial charge < -0.3 is 14.6 Å². The fraction of sp³-hybridized carbons (Fsp3) is 0.0769. The number of furan rings is 1. The van der Waals surface area contributed by atoms with Gasteiger partial charge in [0.15, 0.2) is 0 Å². The van der Waals surface area contributed by atoms with Crippen molar-refractivity contribution in [3.05, 3.63) is 127 Å². The Morgan fingerprint density at radius 2 is 1.51 bits per heavy atom. The number of rotatable bonds is 2. The predicted molar refractivity (Wildman–Crippen MR) is 181 cm³/mol. The highest BCUT2D eigenvalue weighted by Gasteiger charge is 2.42. The normalized spacial score (nSPS) is 14.3. The van der Waals surface area contributed by atoms with Crippen molar-refractivity contribution >= 4 is 67.8 Å². The lowest BCUT2D eigenvalue weighted by Gasteiger charge is -2.43. The van der Waals surface area contributed by atoms with Gasteiger partial charge in [0.2, 0.25) is 0 Å². The molecule has 202 valence electrons. The molecule has 4 heteroatoms. The molecule has 0 unspecified atom stereocenters. The third-order valence-electron chi connectivity index (χ3n) is 9.76. The summed E-state index contributed by atoms with van der Waals surface area (Å²) >= 11 is 0. The Morgan fingerprint density at radius 3 is 2.47 bits per heavy atom. The van der Waals surface area contributed by atoms with E-state index in [9.17, 15) is 0 Å². The van der Waals surface area contributed by atoms with Gasteiger partial charge in [0, 0.05) is 45.6 Å². The van der Waals surface area contributed by atoms with Gasteiger partial charge in [-0.1, -0.05) is 91.0 Å². The number of nitrogens with one attached hydrogen (secondary N) is 1. The topological polar surface area (TPSA) is 28.4 Å². The molecule has 0 saturated heterocycles. The highest BCUT2D eigenvalue weighted by atomic mass is 16.3. The molecule has 1 aromatic heterocycles. The van der Waals surface area contributed by atoms with Gasteiger partial charge in [-0.25, -0.2) is 0 Å². The fourth-order valence-electron chi connectivity index (χ4n) is 8.01. The molecule has 0 saturated carbocycles. The molecule has 0 atom stereocenters. The lowest BCUT2D eigenvalue weighted by atomic mass is 9.33. The maximum Gasteiger partial charge on any atom is 0.252 e. The van der Waals surface area contributed by atoms with Crippen LogP contribution in [0.3, 0.4) is 0 Å². The summed E-state index contributed by atoms with van der Waals surface area (Å²) in [6.07, 6.45) is 2.32. The smallest absolute Gasteiger partial charge is 0.252 e. The Kier molecular flexibility index (Phi) is 4.70. The third-order valence-corrected chi connectivity index (χ3v) is 9.76. The standard InChI is InChI=1S/C39H27BN2O/c1-2-10-24(11-3-1)26-22-29(27-15-7-20-35-36(27)28-14-4-5-19-34(28)43-35)38-31(23-26)40-30-16-6-12-25-13-9-21-42(39(25)30)33-18-8-17-32(41-38)37(33)40/h1-8,10-12,14-20,22-23,41H,9,13,21H2. The van der Waals surface area contributed by atoms with Crippen molar-refractivity contribution in [1.82, 2.24) is 0 Å². The van der Waals surface area contributed by atoms with E-state index in [4.69, 9.17) is 4.42 Å². The minimum atomic E-state index is 0.148. The Morgan fingerprint density at radius 1 is 0.674 bits per heavy atom. The summed E-state index contributed by atoms with van der Waals surface area (Å²) in [4.78, 5) is 2.58. The van der Waals surface area contributed by atoms with Crippen LogP contribution in [0.4, 0.5) is 22.7 Å². The van der Waals surface area contributed by atoms with E-state index in [1.54, 1.807) is 0 Å². The van der Waals surface area contributed by atoms with Crippen molar-refractivity contribution < 1.29 is 4.42 Å². The zero-order valence-corrected chi connectivity index (χ0v) is 23.6. The van der Waals surface area contributed by atoms with E-state index in [0.29, 0.717) is 0 Å². The highest BCUT2D eigenvalue weighted by Crippen LogP contribution is 2.44. The molecule has 7 aromatic rings. The molecule has 3 aliphatic rings. The quantitative estimate of drug-likeness (QED) is 0.222. The predicted octanol–water partition coefficient (Wildman–Crippen LogP) is 7.89. The van der Waals surface area contributed by atoms with Crippen LogP contribution in [0.2, 0.25) is 0 Å². The van der Waals surface area contributed by atoms with Crippen molar-refractivity contribution in [2.75, 3.05) is 16.8 Å². The average molecular weight is 550 g/mol. The average Bonchev–Trinajstić information content (AvgIpc) is 3.45. The van der Waals surface area contributed by atoms with Crippen LogP contribution in [0.15, 0.2) is 126 Å². The highest BCUT2D eigenvalue weighted by molar-refractivity contribution is 7.00. The lowest BCUT2D eigenvalue weighted by molar-refractivity contribution is 0.669. The van der Waals surface area contributed by atoms with E-state index in [2.05, 4.69) is 125 Å². The second-order valence-corrected chi connectivity index (χ2v) is 12.0. The number of nitrogens with zero attached hydrogens (tertiary/aromatic N) is 1. The van der Waals surface area contributed by atoms with Crippen LogP contribution in [0, 0.1) is 0 Å². The summed E-state index contributed by atoms with van der Waals surface area (Å²) in [6.45, 7) is 1.21. The van der Waals surface area contributed by atoms with Gasteiger partial charge in [-0.3, -0.25) is 0 Å². The summed E-state index contributed by atoms with van der Waals surface area (Å²) in [6, 6.07) is 44.3. The Balaban J connectivity index is 1.33. The first kappa shape index (κ1) is 23.4. The van der Waals surface area contributed by atoms with Crippen LogP contribution in [-0.4, -0.2) is 13.3 Å². The molecule has 0 aliphatic carbocycles. The van der Waals surface area contributed by atoms with Crippen LogP contribution < -0.4 is 26.6 Å². The molecule has 0 spiro atoms. The zero-order valence-electron chi connectivity index (χ0n) is 23.6. The number of fused-ring (bicyclic) bond motifs is 7. The van der Waals surface area contributed by atoms with Crippen molar-refractivity contribution in [3.8, 4) is 22.3 Å². The van der Waals surface area contributed by atoms with E-state index in [1.807, 2.05) is 6.07 Å². The van der Waals surface area contributed by atoms with Gasteiger partial charge in [0.25, 0.3) is 6.71 Å². The monoisotopic (exact) mass is 550 g/mol. The molecule has 0 amide bonds. The zero-order chi connectivity index (χ0) is 28.1. The van der Waals surface area contributed by atoms with Gasteiger partial charge in [-0.2, -0.15) is 0 Å². The number of para-hydroxylation sites is 2. The van der Waals surface area contributed by atoms with Gasteiger partial charge in [0.1, 0.15) is 11.2 Å². The van der Waals surface area contributed by atoms with E-state index >= 15 is 0 Å². The Labute approximate surface area is 250 Å². The number of benzene rings is 6. The molecule has 1 N–H and O–H groups in total. The maximum atomic E-state index is 6.36. The number of aryl methyl sites for hydroxylation is 1. The summed E-state index contributed by atoms with van der Waals surface area (Å²) < 4.78 is 6.36. The first-order chi connectivity index (χ1) is 21.3. The van der Waals surface area contributed by atoms with Crippen LogP contribution in [0.5, 0.6) is 0 Å². The van der Waals surface area contributed by atoms with Crippen LogP contribution >= 0.6 is 0 Å². The molecular formula is C39H27BN2O. The Hall–Kier alpha value is -5.22. The third kappa shape index (κ3) is 3.21. The lowest BCUT2D eigenvalue weighted by Crippen LogP contribution is -2.61. The van der Waals surface area contributed by atoms with Gasteiger partial charge in [0.05, 0.1) is 0 Å². The molecule has 3 aliphatic heterocycles. The number of anilines is 4. The minimum Gasteiger partial charge on any atom is -0.456 e. The summed E-state index contributed by atoms with van der Waals surface area (Å²) in [5.41, 5.74) is 17.5. The largest absolute Gasteiger partial charge is 0.456 e. The fourth-order valence-corrected chi connectivity index (χ4v) is 8.01. The van der Waals surface area contributed by atoms with Gasteiger partial charge >= 0.3 is 0 Å². The van der Waals surface area contributed by atoms with E-state index in [0.717, 1.165) is 29.5 Å². The summed E-state index contributed by atoms with van der Waals surface area (Å²) in [5.74, 6) is 0. The van der Waals surface area contributed by atoms with Gasteiger partial charge in [-0.15, -0.1) is 0 Å². The van der Waals surface area contributed by atoms with Crippen molar-refractivity contribution in [2.45, 2.75) is 12.8 Å². The second kappa shape index (κ2) is 8.65. The molecule has 4 heterocycles. The molecule has 0 fully saturated rings. The van der Waals surface area contributed by atoms with Crippen molar-refractivity contribution in [1.29, 1.82) is 0 Å². The molecule has 10 rings (SSSR count). The summed E-state index contributed by atoms with van der Waals surface area (Å²) in [5, 5.41) is 6.30. The SMILES string of the molecule is c1ccc(-c2cc3c(c(-c4cccc5oc6ccccc6c45)c2)Nc2cccc4c2B3c2cccc3c2N4CCC3)cc1. The first-order valence-electron chi connectivity index (χ1n) is 15.3. The molecular weight excluding hydrogens is 523 g/mol. The van der Waals surface area contributed by atoms with E-state index in [1.165, 1.54) is 78.8 Å². The Bertz CT molecular complexity index is 2270. The van der Waals surface area contributed by atoms with Crippen LogP contribution in [-0.2, 0) is 6.42 Å². The molecule has 0 radical (unpaired) electrons. The first-order valence-corrected chi connectivity index (χ1v) is 15.3. The minimum absolute atomic E-state index is 0.148. The van der Waals surface area contributed by atoms with Crippen LogP contribution in [0.25, 0.3) is 44.2 Å². The molecule has 6 aromatic carbocycles. The van der Waals surface area contributed by atoms with Gasteiger partial charge in [-0.05, 0) is 81.8 Å². The molecule has 3 nitrogen and oxygen atoms in total. The van der Waals surface area contributed by atoms with E-state index in [-0.39, 0.29) is 6.71 Å². The van der Waals surface area contributed by atoms with Crippen LogP contribution in [0.1, 0.15) is 12.0 Å². The number of hydrogen-bond acceptors (Lipinski definition) is 3. The molecule has 0 bridgehead atoms. The molecule has 43 heavy (non-hydrogen) atoms. The summed E-state index contributed by atoms with van der Waals surface area (Å²) in [7, 11) is 0. The maximum absolute atomic E-state index is 6.36. The second-order valence-electron chi connectivity index (χ2n) is 12.0. The van der Waals surface area contributed by atoms with E-state index < -0.39 is 0 Å². The van der Waals surface area contributed by atoms with Crippen molar-refractivity contribution in [2.24, 2.45) is 0 Å².